The van der Waals surface area contributed by atoms with Crippen molar-refractivity contribution in [3.05, 3.63) is 21.0 Å². The van der Waals surface area contributed by atoms with Crippen LogP contribution in [0.15, 0.2) is 12.1 Å². The number of aliphatic carboxylic acids is 1. The molecular weight excluding hydrogens is 239 g/mol. The second-order valence-corrected chi connectivity index (χ2v) is 4.83. The van der Waals surface area contributed by atoms with Crippen LogP contribution in [-0.4, -0.2) is 38.5 Å². The molecular formula is C8H8O4Se. The molecule has 0 saturated heterocycles. The monoisotopic (exact) mass is 248 g/mol. The van der Waals surface area contributed by atoms with E-state index in [0.29, 0.717) is 6.61 Å². The van der Waals surface area contributed by atoms with E-state index in [9.17, 15) is 9.59 Å². The first-order valence-electron chi connectivity index (χ1n) is 3.56. The minimum absolute atomic E-state index is 0.0280. The van der Waals surface area contributed by atoms with Gasteiger partial charge in [0.15, 0.2) is 0 Å². The van der Waals surface area contributed by atoms with Gasteiger partial charge in [0.2, 0.25) is 0 Å². The van der Waals surface area contributed by atoms with Crippen LogP contribution < -0.4 is 0 Å². The number of hydrogen-bond donors (Lipinski definition) is 1. The fourth-order valence-electron chi connectivity index (χ4n) is 0.774. The molecule has 0 amide bonds. The maximum atomic E-state index is 10.3. The quantitative estimate of drug-likeness (QED) is 0.594. The topological polar surface area (TPSA) is 63.6 Å². The molecule has 70 valence electrons. The van der Waals surface area contributed by atoms with Crippen molar-refractivity contribution in [3.63, 3.8) is 0 Å². The van der Waals surface area contributed by atoms with Gasteiger partial charge in [0.25, 0.3) is 0 Å². The maximum absolute atomic E-state index is 10.3. The first-order chi connectivity index (χ1) is 6.22. The Kier molecular flexibility index (Phi) is 3.89. The molecule has 0 aliphatic rings. The molecule has 5 heteroatoms. The zero-order valence-corrected chi connectivity index (χ0v) is 8.44. The fourth-order valence-corrected chi connectivity index (χ4v) is 2.38. The number of carboxylic acid groups (broad SMARTS) is 1. The predicted octanol–water partition coefficient (Wildman–Crippen LogP) is 0.157. The fraction of sp³-hybridized carbons (Fsp3) is 0.250. The van der Waals surface area contributed by atoms with E-state index in [0.717, 1.165) is 15.2 Å². The molecule has 0 aliphatic heterocycles. The molecule has 0 unspecified atom stereocenters. The van der Waals surface area contributed by atoms with Gasteiger partial charge in [-0.3, -0.25) is 0 Å². The Morgan fingerprint density at radius 3 is 2.92 bits per heavy atom. The Hall–Kier alpha value is -0.901. The molecule has 0 radical (unpaired) electrons. The predicted molar refractivity (Wildman–Crippen MR) is 46.1 cm³/mol. The van der Waals surface area contributed by atoms with Crippen molar-refractivity contribution in [3.8, 4) is 0 Å². The second kappa shape index (κ2) is 4.97. The Bertz CT molecular complexity index is 305. The normalized spacial score (nSPS) is 9.85. The molecule has 0 bridgehead atoms. The van der Waals surface area contributed by atoms with E-state index in [-0.39, 0.29) is 21.1 Å². The van der Waals surface area contributed by atoms with E-state index in [2.05, 4.69) is 0 Å². The van der Waals surface area contributed by atoms with E-state index < -0.39 is 5.97 Å². The van der Waals surface area contributed by atoms with Crippen molar-refractivity contribution in [1.29, 1.82) is 0 Å². The van der Waals surface area contributed by atoms with Crippen LogP contribution in [-0.2, 0) is 16.1 Å². The standard InChI is InChI=1S/C8H8O4Se/c9-3-6-1-2-7(13-6)4-12-5-8(10)11/h1-3H,4-5H2,(H,10,11). The van der Waals surface area contributed by atoms with E-state index in [1.165, 1.54) is 0 Å². The summed E-state index contributed by atoms with van der Waals surface area (Å²) in [6, 6.07) is 3.55. The molecule has 1 rings (SSSR count). The first-order valence-corrected chi connectivity index (χ1v) is 5.27. The van der Waals surface area contributed by atoms with Crippen LogP contribution >= 0.6 is 0 Å². The van der Waals surface area contributed by atoms with E-state index in [1.807, 2.05) is 6.07 Å². The van der Waals surface area contributed by atoms with Gasteiger partial charge in [-0.05, 0) is 0 Å². The number of carbonyl (C=O) groups is 2. The number of rotatable bonds is 5. The Morgan fingerprint density at radius 2 is 2.38 bits per heavy atom. The molecule has 1 heterocycles. The Labute approximate surface area is 80.9 Å². The molecule has 1 N–H and O–H groups in total. The van der Waals surface area contributed by atoms with Gasteiger partial charge in [-0.1, -0.05) is 0 Å². The van der Waals surface area contributed by atoms with Crippen molar-refractivity contribution < 1.29 is 19.4 Å². The van der Waals surface area contributed by atoms with Gasteiger partial charge in [0.05, 0.1) is 0 Å². The van der Waals surface area contributed by atoms with Gasteiger partial charge in [-0.15, -0.1) is 0 Å². The van der Waals surface area contributed by atoms with Crippen molar-refractivity contribution in [2.75, 3.05) is 6.61 Å². The molecule has 0 aromatic carbocycles. The average Bonchev–Trinajstić information content (AvgIpc) is 2.52. The zero-order chi connectivity index (χ0) is 9.68. The minimum atomic E-state index is -0.977. The number of hydrogen-bond acceptors (Lipinski definition) is 3. The van der Waals surface area contributed by atoms with Crippen molar-refractivity contribution in [1.82, 2.24) is 0 Å². The molecule has 4 nitrogen and oxygen atoms in total. The summed E-state index contributed by atoms with van der Waals surface area (Å²) in [6.45, 7) is 0.0178. The summed E-state index contributed by atoms with van der Waals surface area (Å²) in [7, 11) is 0. The number of aldehydes is 1. The summed E-state index contributed by atoms with van der Waals surface area (Å²) in [5.41, 5.74) is 0. The molecule has 0 atom stereocenters. The van der Waals surface area contributed by atoms with Crippen LogP contribution in [0, 0.1) is 0 Å². The molecule has 0 aliphatic carbocycles. The van der Waals surface area contributed by atoms with Crippen LogP contribution in [0.5, 0.6) is 0 Å². The Balaban J connectivity index is 2.36. The summed E-state index contributed by atoms with van der Waals surface area (Å²) < 4.78 is 6.63. The summed E-state index contributed by atoms with van der Waals surface area (Å²) in [6.07, 6.45) is 0.820. The van der Waals surface area contributed by atoms with Gasteiger partial charge in [0, 0.05) is 0 Å². The van der Waals surface area contributed by atoms with Gasteiger partial charge in [0.1, 0.15) is 0 Å². The Morgan fingerprint density at radius 1 is 1.62 bits per heavy atom. The third kappa shape index (κ3) is 3.55. The van der Waals surface area contributed by atoms with Crippen molar-refractivity contribution in [2.24, 2.45) is 0 Å². The average molecular weight is 247 g/mol. The van der Waals surface area contributed by atoms with E-state index >= 15 is 0 Å². The van der Waals surface area contributed by atoms with Crippen LogP contribution in [0.4, 0.5) is 0 Å². The summed E-state index contributed by atoms with van der Waals surface area (Å²) in [5, 5.41) is 8.28. The number of ether oxygens (including phenoxy) is 1. The van der Waals surface area contributed by atoms with Gasteiger partial charge < -0.3 is 0 Å². The molecule has 0 spiro atoms. The van der Waals surface area contributed by atoms with Crippen molar-refractivity contribution in [2.45, 2.75) is 6.61 Å². The second-order valence-electron chi connectivity index (χ2n) is 2.31. The zero-order valence-electron chi connectivity index (χ0n) is 6.73. The van der Waals surface area contributed by atoms with Gasteiger partial charge in [-0.2, -0.15) is 0 Å². The van der Waals surface area contributed by atoms with Crippen LogP contribution in [0.2, 0.25) is 0 Å². The summed E-state index contributed by atoms with van der Waals surface area (Å²) in [5.74, 6) is -0.977. The summed E-state index contributed by atoms with van der Waals surface area (Å²) in [4.78, 5) is 20.4. The third-order valence-corrected chi connectivity index (χ3v) is 3.33. The first kappa shape index (κ1) is 10.2. The van der Waals surface area contributed by atoms with Gasteiger partial charge >= 0.3 is 80.4 Å². The molecule has 13 heavy (non-hydrogen) atoms. The van der Waals surface area contributed by atoms with Crippen LogP contribution in [0.25, 0.3) is 0 Å². The van der Waals surface area contributed by atoms with E-state index in [4.69, 9.17) is 9.84 Å². The van der Waals surface area contributed by atoms with Crippen molar-refractivity contribution >= 4 is 26.8 Å². The van der Waals surface area contributed by atoms with Crippen LogP contribution in [0.3, 0.4) is 0 Å². The van der Waals surface area contributed by atoms with E-state index in [1.54, 1.807) is 6.07 Å². The van der Waals surface area contributed by atoms with Crippen LogP contribution in [0.1, 0.15) is 13.7 Å². The van der Waals surface area contributed by atoms with Gasteiger partial charge in [-0.25, -0.2) is 0 Å². The number of carboxylic acids is 1. The molecule has 0 saturated carbocycles. The third-order valence-electron chi connectivity index (χ3n) is 1.27. The summed E-state index contributed by atoms with van der Waals surface area (Å²) >= 11 is 0.0280. The SMILES string of the molecule is O=Cc1ccc(COCC(=O)O)[se]1. The molecule has 1 aromatic heterocycles. The molecule has 1 aromatic rings. The molecule has 0 fully saturated rings. The number of carbonyl (C=O) groups excluding carboxylic acids is 1.